The van der Waals surface area contributed by atoms with Crippen LogP contribution in [-0.2, 0) is 0 Å². The second-order valence-corrected chi connectivity index (χ2v) is 8.07. The molecule has 0 amide bonds. The molecule has 1 N–H and O–H groups in total. The Balaban J connectivity index is 1.35. The molecule has 2 saturated carbocycles. The van der Waals surface area contributed by atoms with Crippen LogP contribution >= 0.6 is 0 Å². The normalized spacial score (nSPS) is 38.5. The van der Waals surface area contributed by atoms with Crippen LogP contribution in [0.3, 0.4) is 0 Å². The highest BCUT2D eigenvalue weighted by Gasteiger charge is 2.39. The van der Waals surface area contributed by atoms with Crippen LogP contribution in [0.25, 0.3) is 0 Å². The minimum absolute atomic E-state index is 0.894. The minimum atomic E-state index is 0.894. The Labute approximate surface area is 125 Å². The molecule has 3 aliphatic rings. The molecule has 2 aliphatic carbocycles. The average molecular weight is 278 g/mol. The van der Waals surface area contributed by atoms with Gasteiger partial charge in [0.25, 0.3) is 0 Å². The standard InChI is InChI=1S/C18H34N2/c1-14(17-4-3-8-19-12-17)7-9-20(2)13-18-11-15-5-6-16(18)10-15/h14-19H,3-13H2,1-2H3. The highest BCUT2D eigenvalue weighted by atomic mass is 15.1. The van der Waals surface area contributed by atoms with E-state index in [-0.39, 0.29) is 0 Å². The van der Waals surface area contributed by atoms with E-state index in [2.05, 4.69) is 24.2 Å². The summed E-state index contributed by atoms with van der Waals surface area (Å²) in [6.07, 6.45) is 10.4. The average Bonchev–Trinajstić information content (AvgIpc) is 3.08. The van der Waals surface area contributed by atoms with E-state index in [4.69, 9.17) is 0 Å². The fourth-order valence-electron chi connectivity index (χ4n) is 5.12. The van der Waals surface area contributed by atoms with Crippen LogP contribution in [0.2, 0.25) is 0 Å². The van der Waals surface area contributed by atoms with Gasteiger partial charge in [0.2, 0.25) is 0 Å². The Kier molecular flexibility index (Phi) is 5.04. The summed E-state index contributed by atoms with van der Waals surface area (Å²) in [5.74, 6) is 5.04. The Morgan fingerprint density at radius 2 is 2.10 bits per heavy atom. The van der Waals surface area contributed by atoms with Crippen molar-refractivity contribution in [3.63, 3.8) is 0 Å². The van der Waals surface area contributed by atoms with Crippen molar-refractivity contribution in [3.05, 3.63) is 0 Å². The molecule has 3 rings (SSSR count). The fraction of sp³-hybridized carbons (Fsp3) is 1.00. The van der Waals surface area contributed by atoms with E-state index in [9.17, 15) is 0 Å². The number of nitrogens with zero attached hydrogens (tertiary/aromatic N) is 1. The molecule has 1 heterocycles. The molecule has 0 aromatic rings. The molecule has 2 bridgehead atoms. The monoisotopic (exact) mass is 278 g/mol. The van der Waals surface area contributed by atoms with Gasteiger partial charge in [-0.25, -0.2) is 0 Å². The van der Waals surface area contributed by atoms with Crippen molar-refractivity contribution in [1.29, 1.82) is 0 Å². The third-order valence-electron chi connectivity index (χ3n) is 6.54. The van der Waals surface area contributed by atoms with Crippen molar-refractivity contribution in [1.82, 2.24) is 10.2 Å². The second-order valence-electron chi connectivity index (χ2n) is 8.07. The molecule has 20 heavy (non-hydrogen) atoms. The van der Waals surface area contributed by atoms with Gasteiger partial charge in [-0.1, -0.05) is 13.3 Å². The minimum Gasteiger partial charge on any atom is -0.316 e. The number of rotatable bonds is 6. The SMILES string of the molecule is CC(CCN(C)CC1CC2CCC1C2)C1CCCNC1. The molecule has 5 unspecified atom stereocenters. The lowest BCUT2D eigenvalue weighted by molar-refractivity contribution is 0.192. The number of hydrogen-bond acceptors (Lipinski definition) is 2. The van der Waals surface area contributed by atoms with E-state index in [1.54, 1.807) is 6.42 Å². The molecule has 3 fully saturated rings. The van der Waals surface area contributed by atoms with Gasteiger partial charge in [0, 0.05) is 6.54 Å². The van der Waals surface area contributed by atoms with Crippen LogP contribution in [0.15, 0.2) is 0 Å². The molecule has 2 nitrogen and oxygen atoms in total. The first-order valence-electron chi connectivity index (χ1n) is 9.11. The Hall–Kier alpha value is -0.0800. The quantitative estimate of drug-likeness (QED) is 0.801. The lowest BCUT2D eigenvalue weighted by atomic mass is 9.85. The van der Waals surface area contributed by atoms with Crippen LogP contribution in [0.5, 0.6) is 0 Å². The zero-order valence-electron chi connectivity index (χ0n) is 13.6. The molecule has 0 spiro atoms. The number of hydrogen-bond donors (Lipinski definition) is 1. The summed E-state index contributed by atoms with van der Waals surface area (Å²) in [5, 5.41) is 3.57. The molecule has 1 saturated heterocycles. The van der Waals surface area contributed by atoms with E-state index in [0.29, 0.717) is 0 Å². The summed E-state index contributed by atoms with van der Waals surface area (Å²) in [5.41, 5.74) is 0. The Morgan fingerprint density at radius 1 is 1.20 bits per heavy atom. The number of piperidine rings is 1. The smallest absolute Gasteiger partial charge is 0.000936 e. The van der Waals surface area contributed by atoms with Gasteiger partial charge >= 0.3 is 0 Å². The fourth-order valence-corrected chi connectivity index (χ4v) is 5.12. The van der Waals surface area contributed by atoms with Gasteiger partial charge in [0.05, 0.1) is 0 Å². The first kappa shape index (κ1) is 14.8. The lowest BCUT2D eigenvalue weighted by Gasteiger charge is -2.31. The van der Waals surface area contributed by atoms with Crippen LogP contribution in [-0.4, -0.2) is 38.1 Å². The van der Waals surface area contributed by atoms with E-state index in [0.717, 1.165) is 29.6 Å². The largest absolute Gasteiger partial charge is 0.316 e. The van der Waals surface area contributed by atoms with Gasteiger partial charge in [0.15, 0.2) is 0 Å². The third-order valence-corrected chi connectivity index (χ3v) is 6.54. The van der Waals surface area contributed by atoms with Crippen molar-refractivity contribution in [2.75, 3.05) is 33.2 Å². The molecule has 1 aliphatic heterocycles. The van der Waals surface area contributed by atoms with Crippen molar-refractivity contribution < 1.29 is 0 Å². The predicted molar refractivity (Wildman–Crippen MR) is 85.8 cm³/mol. The summed E-state index contributed by atoms with van der Waals surface area (Å²) >= 11 is 0. The summed E-state index contributed by atoms with van der Waals surface area (Å²) in [4.78, 5) is 2.64. The summed E-state index contributed by atoms with van der Waals surface area (Å²) in [7, 11) is 2.36. The van der Waals surface area contributed by atoms with Crippen molar-refractivity contribution in [2.24, 2.45) is 29.6 Å². The zero-order valence-corrected chi connectivity index (χ0v) is 13.6. The maximum Gasteiger partial charge on any atom is 0.000936 e. The first-order chi connectivity index (χ1) is 9.72. The zero-order chi connectivity index (χ0) is 13.9. The van der Waals surface area contributed by atoms with Gasteiger partial charge in [-0.3, -0.25) is 0 Å². The number of fused-ring (bicyclic) bond motifs is 2. The third kappa shape index (κ3) is 3.57. The topological polar surface area (TPSA) is 15.3 Å². The summed E-state index contributed by atoms with van der Waals surface area (Å²) < 4.78 is 0. The van der Waals surface area contributed by atoms with Crippen LogP contribution < -0.4 is 5.32 Å². The van der Waals surface area contributed by atoms with Gasteiger partial charge in [-0.2, -0.15) is 0 Å². The van der Waals surface area contributed by atoms with Crippen LogP contribution in [0.4, 0.5) is 0 Å². The van der Waals surface area contributed by atoms with Gasteiger partial charge in [0.1, 0.15) is 0 Å². The van der Waals surface area contributed by atoms with E-state index < -0.39 is 0 Å². The summed E-state index contributed by atoms with van der Waals surface area (Å²) in [6.45, 7) is 7.66. The molecular formula is C18H34N2. The molecule has 0 aromatic carbocycles. The van der Waals surface area contributed by atoms with Gasteiger partial charge < -0.3 is 10.2 Å². The van der Waals surface area contributed by atoms with Crippen molar-refractivity contribution >= 4 is 0 Å². The number of nitrogens with one attached hydrogen (secondary N) is 1. The molecule has 2 heteroatoms. The van der Waals surface area contributed by atoms with Crippen molar-refractivity contribution in [2.45, 2.75) is 51.9 Å². The maximum absolute atomic E-state index is 3.57. The molecule has 5 atom stereocenters. The second kappa shape index (κ2) is 6.79. The van der Waals surface area contributed by atoms with Crippen LogP contribution in [0, 0.1) is 29.6 Å². The molecule has 0 aromatic heterocycles. The lowest BCUT2D eigenvalue weighted by Crippen LogP contribution is -2.35. The first-order valence-corrected chi connectivity index (χ1v) is 9.11. The Bertz CT molecular complexity index is 298. The highest BCUT2D eigenvalue weighted by molar-refractivity contribution is 4.91. The van der Waals surface area contributed by atoms with E-state index in [1.165, 1.54) is 64.7 Å². The maximum atomic E-state index is 3.57. The van der Waals surface area contributed by atoms with Crippen LogP contribution in [0.1, 0.15) is 51.9 Å². The highest BCUT2D eigenvalue weighted by Crippen LogP contribution is 2.48. The van der Waals surface area contributed by atoms with E-state index in [1.807, 2.05) is 0 Å². The molecule has 116 valence electrons. The van der Waals surface area contributed by atoms with Gasteiger partial charge in [-0.05, 0) is 94.8 Å². The van der Waals surface area contributed by atoms with Gasteiger partial charge in [-0.15, -0.1) is 0 Å². The Morgan fingerprint density at radius 3 is 2.75 bits per heavy atom. The predicted octanol–water partition coefficient (Wildman–Crippen LogP) is 3.38. The molecular weight excluding hydrogens is 244 g/mol. The summed E-state index contributed by atoms with van der Waals surface area (Å²) in [6, 6.07) is 0. The van der Waals surface area contributed by atoms with Crippen molar-refractivity contribution in [3.8, 4) is 0 Å². The van der Waals surface area contributed by atoms with E-state index >= 15 is 0 Å². The molecule has 0 radical (unpaired) electrons.